The van der Waals surface area contributed by atoms with E-state index in [1.54, 1.807) is 30.4 Å². The minimum absolute atomic E-state index is 0.0174. The van der Waals surface area contributed by atoms with Crippen LogP contribution < -0.4 is 4.72 Å². The van der Waals surface area contributed by atoms with E-state index >= 15 is 0 Å². The predicted octanol–water partition coefficient (Wildman–Crippen LogP) is 2.55. The summed E-state index contributed by atoms with van der Waals surface area (Å²) >= 11 is 0. The molecule has 1 N–H and O–H groups in total. The number of likely N-dealkylation sites (tertiary alicyclic amines) is 1. The topological polar surface area (TPSA) is 95.2 Å². The van der Waals surface area contributed by atoms with Crippen molar-refractivity contribution in [3.8, 4) is 6.07 Å². The number of amides is 1. The molecule has 1 amide bonds. The maximum absolute atomic E-state index is 13.1. The van der Waals surface area contributed by atoms with Crippen molar-refractivity contribution >= 4 is 21.6 Å². The average Bonchev–Trinajstić information content (AvgIpc) is 3.25. The van der Waals surface area contributed by atoms with Gasteiger partial charge >= 0.3 is 0 Å². The van der Waals surface area contributed by atoms with Gasteiger partial charge in [0.2, 0.25) is 0 Å². The Morgan fingerprint density at radius 1 is 1.11 bits per heavy atom. The number of carbonyl (C=O) groups is 1. The van der Waals surface area contributed by atoms with Crippen LogP contribution in [0.2, 0.25) is 0 Å². The van der Waals surface area contributed by atoms with Gasteiger partial charge < -0.3 is 9.47 Å². The largest absolute Gasteiger partial charge is 0.350 e. The minimum Gasteiger partial charge on any atom is -0.350 e. The summed E-state index contributed by atoms with van der Waals surface area (Å²) in [4.78, 5) is 14.7. The second-order valence-electron chi connectivity index (χ2n) is 6.73. The van der Waals surface area contributed by atoms with E-state index in [9.17, 15) is 13.2 Å². The summed E-state index contributed by atoms with van der Waals surface area (Å²) in [7, 11) is -2.22. The quantitative estimate of drug-likeness (QED) is 0.873. The molecule has 7 nitrogen and oxygen atoms in total. The van der Waals surface area contributed by atoms with Crippen LogP contribution in [0.5, 0.6) is 0 Å². The molecule has 1 aromatic heterocycles. The standard InChI is InChI=1S/C19H22N4O3S/c1-13-17(19(24)23-10-4-5-11-23)18(14(2)22(13)3)27(25,26)21-16-8-6-15(12-20)7-9-16/h6-9,21H,4-5,10-11H2,1-3H3. The first kappa shape index (κ1) is 19.0. The van der Waals surface area contributed by atoms with Crippen molar-refractivity contribution in [3.63, 3.8) is 0 Å². The van der Waals surface area contributed by atoms with Crippen molar-refractivity contribution in [1.29, 1.82) is 5.26 Å². The van der Waals surface area contributed by atoms with E-state index in [0.29, 0.717) is 35.7 Å². The van der Waals surface area contributed by atoms with Gasteiger partial charge in [-0.15, -0.1) is 0 Å². The van der Waals surface area contributed by atoms with Crippen LogP contribution in [0, 0.1) is 25.2 Å². The SMILES string of the molecule is Cc1c(C(=O)N2CCCC2)c(S(=O)(=O)Nc2ccc(C#N)cc2)c(C)n1C. The molecular formula is C19H22N4O3S. The number of nitrogens with zero attached hydrogens (tertiary/aromatic N) is 3. The highest BCUT2D eigenvalue weighted by Crippen LogP contribution is 2.30. The van der Waals surface area contributed by atoms with Crippen LogP contribution >= 0.6 is 0 Å². The molecule has 142 valence electrons. The first-order valence-corrected chi connectivity index (χ1v) is 10.2. The van der Waals surface area contributed by atoms with Gasteiger partial charge in [-0.25, -0.2) is 8.42 Å². The Labute approximate surface area is 159 Å². The molecule has 0 spiro atoms. The first-order valence-electron chi connectivity index (χ1n) is 8.74. The number of aromatic nitrogens is 1. The van der Waals surface area contributed by atoms with Gasteiger partial charge in [0.05, 0.1) is 17.2 Å². The number of nitrogens with one attached hydrogen (secondary N) is 1. The fourth-order valence-corrected chi connectivity index (χ4v) is 4.97. The van der Waals surface area contributed by atoms with Crippen LogP contribution in [-0.4, -0.2) is 36.9 Å². The molecule has 2 aromatic rings. The summed E-state index contributed by atoms with van der Waals surface area (Å²) in [6.45, 7) is 4.75. The molecule has 1 aliphatic heterocycles. The van der Waals surface area contributed by atoms with Crippen LogP contribution in [-0.2, 0) is 17.1 Å². The zero-order valence-electron chi connectivity index (χ0n) is 15.6. The maximum atomic E-state index is 13.1. The van der Waals surface area contributed by atoms with Gasteiger partial charge in [0.25, 0.3) is 15.9 Å². The van der Waals surface area contributed by atoms with Crippen LogP contribution in [0.1, 0.15) is 40.2 Å². The Hall–Kier alpha value is -2.79. The van der Waals surface area contributed by atoms with E-state index in [0.717, 1.165) is 12.8 Å². The molecule has 2 heterocycles. The van der Waals surface area contributed by atoms with Gasteiger partial charge in [-0.2, -0.15) is 5.26 Å². The van der Waals surface area contributed by atoms with E-state index < -0.39 is 10.0 Å². The summed E-state index contributed by atoms with van der Waals surface area (Å²) in [6, 6.07) is 8.13. The molecule has 1 aliphatic rings. The van der Waals surface area contributed by atoms with E-state index in [1.165, 1.54) is 24.3 Å². The number of nitriles is 1. The molecule has 0 atom stereocenters. The van der Waals surface area contributed by atoms with Gasteiger partial charge in [-0.1, -0.05) is 0 Å². The molecule has 0 aliphatic carbocycles. The highest BCUT2D eigenvalue weighted by Gasteiger charge is 2.33. The summed E-state index contributed by atoms with van der Waals surface area (Å²) in [5, 5.41) is 8.88. The van der Waals surface area contributed by atoms with E-state index in [1.807, 2.05) is 6.07 Å². The van der Waals surface area contributed by atoms with E-state index in [2.05, 4.69) is 4.72 Å². The van der Waals surface area contributed by atoms with Crippen LogP contribution in [0.15, 0.2) is 29.2 Å². The second-order valence-corrected chi connectivity index (χ2v) is 8.35. The monoisotopic (exact) mass is 386 g/mol. The molecule has 1 aromatic carbocycles. The zero-order valence-corrected chi connectivity index (χ0v) is 16.4. The fourth-order valence-electron chi connectivity index (χ4n) is 3.39. The highest BCUT2D eigenvalue weighted by molar-refractivity contribution is 7.92. The molecule has 0 unspecified atom stereocenters. The highest BCUT2D eigenvalue weighted by atomic mass is 32.2. The van der Waals surface area contributed by atoms with Crippen molar-refractivity contribution in [2.75, 3.05) is 17.8 Å². The summed E-state index contributed by atoms with van der Waals surface area (Å²) in [5.74, 6) is -0.242. The molecule has 8 heteroatoms. The Morgan fingerprint density at radius 3 is 2.26 bits per heavy atom. The lowest BCUT2D eigenvalue weighted by atomic mass is 10.2. The molecule has 27 heavy (non-hydrogen) atoms. The Balaban J connectivity index is 2.04. The van der Waals surface area contributed by atoms with E-state index in [-0.39, 0.29) is 16.4 Å². The third kappa shape index (κ3) is 3.43. The van der Waals surface area contributed by atoms with Crippen molar-refractivity contribution in [2.45, 2.75) is 31.6 Å². The van der Waals surface area contributed by atoms with Gasteiger partial charge in [0.1, 0.15) is 4.90 Å². The number of hydrogen-bond acceptors (Lipinski definition) is 4. The maximum Gasteiger partial charge on any atom is 0.264 e. The molecule has 0 radical (unpaired) electrons. The normalized spacial score (nSPS) is 14.2. The molecule has 3 rings (SSSR count). The third-order valence-corrected chi connectivity index (χ3v) is 6.61. The lowest BCUT2D eigenvalue weighted by Gasteiger charge is -2.17. The van der Waals surface area contributed by atoms with E-state index in [4.69, 9.17) is 5.26 Å². The predicted molar refractivity (Wildman–Crippen MR) is 102 cm³/mol. The van der Waals surface area contributed by atoms with Crippen molar-refractivity contribution < 1.29 is 13.2 Å². The summed E-state index contributed by atoms with van der Waals surface area (Å²) in [5.41, 5.74) is 2.16. The van der Waals surface area contributed by atoms with Gasteiger partial charge in [0, 0.05) is 37.2 Å². The minimum atomic E-state index is -3.97. The third-order valence-electron chi connectivity index (χ3n) is 5.07. The Morgan fingerprint density at radius 2 is 1.70 bits per heavy atom. The molecule has 0 bridgehead atoms. The molecule has 1 saturated heterocycles. The lowest BCUT2D eigenvalue weighted by Crippen LogP contribution is -2.30. The Kier molecular flexibility index (Phi) is 4.98. The number of anilines is 1. The lowest BCUT2D eigenvalue weighted by molar-refractivity contribution is 0.0788. The molecule has 1 fully saturated rings. The number of benzene rings is 1. The van der Waals surface area contributed by atoms with Crippen LogP contribution in [0.4, 0.5) is 5.69 Å². The van der Waals surface area contributed by atoms with Gasteiger partial charge in [-0.05, 0) is 51.0 Å². The van der Waals surface area contributed by atoms with Crippen molar-refractivity contribution in [1.82, 2.24) is 9.47 Å². The second kappa shape index (κ2) is 7.08. The first-order chi connectivity index (χ1) is 12.8. The van der Waals surface area contributed by atoms with Gasteiger partial charge in [0.15, 0.2) is 0 Å². The number of sulfonamides is 1. The molecule has 0 saturated carbocycles. The van der Waals surface area contributed by atoms with Crippen molar-refractivity contribution in [2.24, 2.45) is 7.05 Å². The van der Waals surface area contributed by atoms with Crippen LogP contribution in [0.25, 0.3) is 0 Å². The zero-order chi connectivity index (χ0) is 19.8. The summed E-state index contributed by atoms with van der Waals surface area (Å²) < 4.78 is 30.5. The number of hydrogen-bond donors (Lipinski definition) is 1. The van der Waals surface area contributed by atoms with Gasteiger partial charge in [-0.3, -0.25) is 9.52 Å². The van der Waals surface area contributed by atoms with Crippen LogP contribution in [0.3, 0.4) is 0 Å². The van der Waals surface area contributed by atoms with Crippen molar-refractivity contribution in [3.05, 3.63) is 46.8 Å². The Bertz CT molecular complexity index is 1020. The summed E-state index contributed by atoms with van der Waals surface area (Å²) in [6.07, 6.45) is 1.87. The fraction of sp³-hybridized carbons (Fsp3) is 0.368. The number of rotatable bonds is 4. The smallest absolute Gasteiger partial charge is 0.264 e. The number of carbonyl (C=O) groups excluding carboxylic acids is 1. The molecular weight excluding hydrogens is 364 g/mol. The average molecular weight is 386 g/mol.